The van der Waals surface area contributed by atoms with Crippen LogP contribution in [0.3, 0.4) is 0 Å². The largest absolute Gasteiger partial charge is 0.454 e. The molecule has 2 aliphatic rings. The number of piperidine rings is 1. The number of anilines is 1. The number of fused-ring (bicyclic) bond motifs is 1. The lowest BCUT2D eigenvalue weighted by atomic mass is 9.98. The number of ether oxygens (including phenoxy) is 2. The van der Waals surface area contributed by atoms with E-state index in [0.717, 1.165) is 43.1 Å². The second kappa shape index (κ2) is 4.17. The van der Waals surface area contributed by atoms with Crippen LogP contribution in [-0.4, -0.2) is 19.9 Å². The zero-order valence-corrected chi connectivity index (χ0v) is 9.56. The van der Waals surface area contributed by atoms with Crippen molar-refractivity contribution in [1.29, 1.82) is 5.26 Å². The maximum atomic E-state index is 8.87. The highest BCUT2D eigenvalue weighted by Gasteiger charge is 2.21. The predicted octanol–water partition coefficient (Wildman–Crippen LogP) is 2.16. The van der Waals surface area contributed by atoms with Crippen molar-refractivity contribution in [1.82, 2.24) is 0 Å². The number of benzene rings is 1. The zero-order chi connectivity index (χ0) is 11.7. The van der Waals surface area contributed by atoms with E-state index in [9.17, 15) is 0 Å². The fourth-order valence-corrected chi connectivity index (χ4v) is 2.35. The molecule has 3 rings (SSSR count). The first-order chi connectivity index (χ1) is 8.36. The molecule has 17 heavy (non-hydrogen) atoms. The van der Waals surface area contributed by atoms with Gasteiger partial charge in [-0.1, -0.05) is 0 Å². The molecule has 0 aliphatic carbocycles. The summed E-state index contributed by atoms with van der Waals surface area (Å²) in [5.74, 6) is 1.87. The Hall–Kier alpha value is -1.89. The minimum atomic E-state index is 0.222. The normalized spacial score (nSPS) is 19.1. The molecule has 4 heteroatoms. The standard InChI is InChI=1S/C13H14N2O2/c14-8-10-3-5-15(6-4-10)11-1-2-12-13(7-11)17-9-16-12/h1-2,7,10H,3-6,9H2. The minimum absolute atomic E-state index is 0.222. The van der Waals surface area contributed by atoms with Gasteiger partial charge >= 0.3 is 0 Å². The fraction of sp³-hybridized carbons (Fsp3) is 0.462. The van der Waals surface area contributed by atoms with Crippen molar-refractivity contribution in [2.75, 3.05) is 24.8 Å². The molecule has 1 aromatic rings. The lowest BCUT2D eigenvalue weighted by Crippen LogP contribution is -2.33. The van der Waals surface area contributed by atoms with Crippen molar-refractivity contribution >= 4 is 5.69 Å². The molecule has 2 heterocycles. The van der Waals surface area contributed by atoms with Crippen molar-refractivity contribution in [3.63, 3.8) is 0 Å². The average molecular weight is 230 g/mol. The molecule has 0 aromatic heterocycles. The Morgan fingerprint density at radius 3 is 2.71 bits per heavy atom. The highest BCUT2D eigenvalue weighted by Crippen LogP contribution is 2.36. The molecule has 0 spiro atoms. The predicted molar refractivity (Wildman–Crippen MR) is 63.1 cm³/mol. The quantitative estimate of drug-likeness (QED) is 0.741. The van der Waals surface area contributed by atoms with Gasteiger partial charge in [-0.2, -0.15) is 5.26 Å². The summed E-state index contributed by atoms with van der Waals surface area (Å²) < 4.78 is 10.7. The first-order valence-electron chi connectivity index (χ1n) is 5.91. The lowest BCUT2D eigenvalue weighted by Gasteiger charge is -2.31. The Morgan fingerprint density at radius 1 is 1.18 bits per heavy atom. The van der Waals surface area contributed by atoms with E-state index >= 15 is 0 Å². The summed E-state index contributed by atoms with van der Waals surface area (Å²) in [5, 5.41) is 8.87. The molecule has 4 nitrogen and oxygen atoms in total. The molecule has 0 radical (unpaired) electrons. The van der Waals surface area contributed by atoms with Crippen molar-refractivity contribution < 1.29 is 9.47 Å². The van der Waals surface area contributed by atoms with Crippen LogP contribution in [0.4, 0.5) is 5.69 Å². The van der Waals surface area contributed by atoms with E-state index in [2.05, 4.69) is 17.0 Å². The van der Waals surface area contributed by atoms with Gasteiger partial charge in [0.05, 0.1) is 6.07 Å². The molecule has 0 atom stereocenters. The Balaban J connectivity index is 1.75. The highest BCUT2D eigenvalue weighted by atomic mass is 16.7. The summed E-state index contributed by atoms with van der Waals surface area (Å²) in [6, 6.07) is 8.38. The van der Waals surface area contributed by atoms with Crippen LogP contribution in [-0.2, 0) is 0 Å². The second-order valence-electron chi connectivity index (χ2n) is 4.43. The van der Waals surface area contributed by atoms with E-state index in [0.29, 0.717) is 6.79 Å². The van der Waals surface area contributed by atoms with Crippen molar-refractivity contribution in [3.05, 3.63) is 18.2 Å². The molecule has 1 saturated heterocycles. The summed E-state index contributed by atoms with van der Waals surface area (Å²) in [6.45, 7) is 2.20. The average Bonchev–Trinajstić information content (AvgIpc) is 2.86. The monoisotopic (exact) mass is 230 g/mol. The SMILES string of the molecule is N#CC1CCN(c2ccc3c(c2)OCO3)CC1. The first kappa shape index (κ1) is 10.3. The van der Waals surface area contributed by atoms with Gasteiger partial charge in [0.2, 0.25) is 6.79 Å². The van der Waals surface area contributed by atoms with Gasteiger partial charge in [-0.3, -0.25) is 0 Å². The van der Waals surface area contributed by atoms with Crippen LogP contribution in [0.5, 0.6) is 11.5 Å². The molecular weight excluding hydrogens is 216 g/mol. The minimum Gasteiger partial charge on any atom is -0.454 e. The second-order valence-corrected chi connectivity index (χ2v) is 4.43. The summed E-state index contributed by atoms with van der Waals surface area (Å²) >= 11 is 0. The molecule has 0 unspecified atom stereocenters. The molecule has 0 saturated carbocycles. The van der Waals surface area contributed by atoms with Gasteiger partial charge in [-0.25, -0.2) is 0 Å². The van der Waals surface area contributed by atoms with E-state index in [-0.39, 0.29) is 5.92 Å². The first-order valence-corrected chi connectivity index (χ1v) is 5.91. The van der Waals surface area contributed by atoms with Crippen LogP contribution in [0.25, 0.3) is 0 Å². The van der Waals surface area contributed by atoms with E-state index < -0.39 is 0 Å². The van der Waals surface area contributed by atoms with Crippen LogP contribution < -0.4 is 14.4 Å². The number of nitriles is 1. The summed E-state index contributed by atoms with van der Waals surface area (Å²) in [5.41, 5.74) is 1.16. The summed E-state index contributed by atoms with van der Waals surface area (Å²) in [6.07, 6.45) is 1.90. The Labute approximate surface area is 100 Å². The van der Waals surface area contributed by atoms with Crippen molar-refractivity contribution in [2.24, 2.45) is 5.92 Å². The molecule has 1 fully saturated rings. The molecule has 1 aromatic carbocycles. The Morgan fingerprint density at radius 2 is 1.94 bits per heavy atom. The topological polar surface area (TPSA) is 45.5 Å². The van der Waals surface area contributed by atoms with Gasteiger partial charge < -0.3 is 14.4 Å². The maximum Gasteiger partial charge on any atom is 0.231 e. The lowest BCUT2D eigenvalue weighted by molar-refractivity contribution is 0.174. The molecule has 88 valence electrons. The molecule has 2 aliphatic heterocycles. The van der Waals surface area contributed by atoms with Gasteiger partial charge in [0.1, 0.15) is 0 Å². The van der Waals surface area contributed by atoms with Crippen LogP contribution >= 0.6 is 0 Å². The summed E-state index contributed by atoms with van der Waals surface area (Å²) in [7, 11) is 0. The van der Waals surface area contributed by atoms with Crippen molar-refractivity contribution in [3.8, 4) is 17.6 Å². The van der Waals surface area contributed by atoms with Crippen LogP contribution in [0, 0.1) is 17.2 Å². The third kappa shape index (κ3) is 1.89. The molecule has 0 bridgehead atoms. The van der Waals surface area contributed by atoms with Crippen LogP contribution in [0.1, 0.15) is 12.8 Å². The molecular formula is C13H14N2O2. The van der Waals surface area contributed by atoms with Crippen LogP contribution in [0.2, 0.25) is 0 Å². The van der Waals surface area contributed by atoms with E-state index in [1.165, 1.54) is 0 Å². The third-order valence-corrected chi connectivity index (χ3v) is 3.40. The van der Waals surface area contributed by atoms with Gasteiger partial charge in [0, 0.05) is 30.8 Å². The number of hydrogen-bond acceptors (Lipinski definition) is 4. The summed E-state index contributed by atoms with van der Waals surface area (Å²) in [4.78, 5) is 2.30. The Bertz CT molecular complexity index is 459. The highest BCUT2D eigenvalue weighted by molar-refractivity contribution is 5.57. The van der Waals surface area contributed by atoms with Gasteiger partial charge in [0.25, 0.3) is 0 Å². The van der Waals surface area contributed by atoms with Gasteiger partial charge in [-0.15, -0.1) is 0 Å². The molecule has 0 N–H and O–H groups in total. The number of nitrogens with zero attached hydrogens (tertiary/aromatic N) is 2. The van der Waals surface area contributed by atoms with Crippen molar-refractivity contribution in [2.45, 2.75) is 12.8 Å². The van der Waals surface area contributed by atoms with E-state index in [1.807, 2.05) is 12.1 Å². The van der Waals surface area contributed by atoms with E-state index in [1.54, 1.807) is 0 Å². The third-order valence-electron chi connectivity index (χ3n) is 3.40. The fourth-order valence-electron chi connectivity index (χ4n) is 2.35. The smallest absolute Gasteiger partial charge is 0.231 e. The van der Waals surface area contributed by atoms with Gasteiger partial charge in [-0.05, 0) is 25.0 Å². The number of hydrogen-bond donors (Lipinski definition) is 0. The van der Waals surface area contributed by atoms with Crippen LogP contribution in [0.15, 0.2) is 18.2 Å². The zero-order valence-electron chi connectivity index (χ0n) is 9.56. The van der Waals surface area contributed by atoms with Gasteiger partial charge in [0.15, 0.2) is 11.5 Å². The number of rotatable bonds is 1. The van der Waals surface area contributed by atoms with E-state index in [4.69, 9.17) is 14.7 Å². The molecule has 0 amide bonds. The Kier molecular flexibility index (Phi) is 2.52. The maximum absolute atomic E-state index is 8.87.